The third-order valence-electron chi connectivity index (χ3n) is 3.44. The van der Waals surface area contributed by atoms with Crippen LogP contribution in [0.5, 0.6) is 0 Å². The van der Waals surface area contributed by atoms with Gasteiger partial charge in [-0.2, -0.15) is 0 Å². The molecule has 0 unspecified atom stereocenters. The molecule has 0 atom stereocenters. The summed E-state index contributed by atoms with van der Waals surface area (Å²) in [5.74, 6) is -0.766. The van der Waals surface area contributed by atoms with Crippen molar-refractivity contribution in [3.05, 3.63) is 57.7 Å². The Hall–Kier alpha value is -2.58. The molecule has 2 aromatic rings. The number of aromatic nitrogens is 1. The van der Waals surface area contributed by atoms with E-state index in [1.807, 2.05) is 13.0 Å². The van der Waals surface area contributed by atoms with Gasteiger partial charge in [0.05, 0.1) is 16.9 Å². The monoisotopic (exact) mass is 391 g/mol. The number of halogens is 1. The average Bonchev–Trinajstić information content (AvgIpc) is 2.99. The summed E-state index contributed by atoms with van der Waals surface area (Å²) in [6.07, 6.45) is 0. The molecule has 0 aliphatic carbocycles. The van der Waals surface area contributed by atoms with Gasteiger partial charge in [-0.25, -0.2) is 14.6 Å². The van der Waals surface area contributed by atoms with Crippen molar-refractivity contribution in [1.82, 2.24) is 4.98 Å². The van der Waals surface area contributed by atoms with Crippen LogP contribution in [-0.4, -0.2) is 28.5 Å². The molecule has 0 saturated heterocycles. The Bertz CT molecular complexity index is 900. The number of benzene rings is 1. The van der Waals surface area contributed by atoms with Crippen LogP contribution < -0.4 is 5.73 Å². The van der Waals surface area contributed by atoms with Gasteiger partial charge in [0.1, 0.15) is 11.6 Å². The Kier molecular flexibility index (Phi) is 5.43. The van der Waals surface area contributed by atoms with Gasteiger partial charge in [0.2, 0.25) is 0 Å². The maximum Gasteiger partial charge on any atom is 0.365 e. The van der Waals surface area contributed by atoms with Crippen molar-refractivity contribution >= 4 is 41.1 Å². The SMILES string of the molecule is Cc1cc2c(c(SC/C(N)=N/OC(=O)c3ccc(Cl)cc3)n1)C(=O)OC2. The van der Waals surface area contributed by atoms with Gasteiger partial charge in [-0.3, -0.25) is 0 Å². The van der Waals surface area contributed by atoms with Crippen LogP contribution in [0.3, 0.4) is 0 Å². The fourth-order valence-corrected chi connectivity index (χ4v) is 3.30. The lowest BCUT2D eigenvalue weighted by Crippen LogP contribution is -2.17. The van der Waals surface area contributed by atoms with Crippen molar-refractivity contribution in [2.75, 3.05) is 5.75 Å². The van der Waals surface area contributed by atoms with Crippen molar-refractivity contribution in [2.45, 2.75) is 18.6 Å². The first kappa shape index (κ1) is 18.2. The standard InChI is InChI=1S/C17H14ClN3O4S/c1-9-6-11-7-24-17(23)14(11)15(20-9)26-8-13(19)21-25-16(22)10-2-4-12(18)5-3-10/h2-6H,7-8H2,1H3,(H2,19,21). The van der Waals surface area contributed by atoms with Gasteiger partial charge >= 0.3 is 11.9 Å². The molecule has 134 valence electrons. The molecule has 1 aliphatic rings. The number of fused-ring (bicyclic) bond motifs is 1. The van der Waals surface area contributed by atoms with E-state index in [4.69, 9.17) is 26.9 Å². The van der Waals surface area contributed by atoms with Crippen LogP contribution in [0.4, 0.5) is 0 Å². The molecule has 26 heavy (non-hydrogen) atoms. The molecular weight excluding hydrogens is 378 g/mol. The molecule has 0 amide bonds. The summed E-state index contributed by atoms with van der Waals surface area (Å²) in [5, 5.41) is 4.65. The van der Waals surface area contributed by atoms with E-state index >= 15 is 0 Å². The molecule has 7 nitrogen and oxygen atoms in total. The van der Waals surface area contributed by atoms with Gasteiger partial charge < -0.3 is 15.3 Å². The number of carbonyl (C=O) groups is 2. The highest BCUT2D eigenvalue weighted by Gasteiger charge is 2.26. The second-order valence-corrected chi connectivity index (χ2v) is 6.84. The maximum absolute atomic E-state index is 11.9. The Morgan fingerprint density at radius 3 is 2.88 bits per heavy atom. The van der Waals surface area contributed by atoms with Crippen LogP contribution in [0.25, 0.3) is 0 Å². The molecule has 1 aliphatic heterocycles. The fraction of sp³-hybridized carbons (Fsp3) is 0.176. The first-order valence-electron chi connectivity index (χ1n) is 7.53. The van der Waals surface area contributed by atoms with Crippen LogP contribution in [0.2, 0.25) is 5.02 Å². The third kappa shape index (κ3) is 4.14. The minimum atomic E-state index is -0.646. The number of esters is 1. The highest BCUT2D eigenvalue weighted by atomic mass is 35.5. The van der Waals surface area contributed by atoms with Crippen LogP contribution in [0.15, 0.2) is 40.5 Å². The highest BCUT2D eigenvalue weighted by molar-refractivity contribution is 8.00. The van der Waals surface area contributed by atoms with E-state index < -0.39 is 11.9 Å². The average molecular weight is 392 g/mol. The third-order valence-corrected chi connectivity index (χ3v) is 4.70. The lowest BCUT2D eigenvalue weighted by molar-refractivity contribution is 0.0512. The van der Waals surface area contributed by atoms with Gasteiger partial charge in [0, 0.05) is 16.3 Å². The number of ether oxygens (including phenoxy) is 1. The minimum Gasteiger partial charge on any atom is -0.457 e. The topological polar surface area (TPSA) is 104 Å². The van der Waals surface area contributed by atoms with Crippen LogP contribution >= 0.6 is 23.4 Å². The minimum absolute atomic E-state index is 0.0840. The number of carbonyl (C=O) groups excluding carboxylic acids is 2. The van der Waals surface area contributed by atoms with E-state index in [2.05, 4.69) is 10.1 Å². The zero-order valence-corrected chi connectivity index (χ0v) is 15.3. The zero-order chi connectivity index (χ0) is 18.7. The molecule has 9 heteroatoms. The first-order chi connectivity index (χ1) is 12.4. The Morgan fingerprint density at radius 2 is 2.15 bits per heavy atom. The molecule has 2 heterocycles. The van der Waals surface area contributed by atoms with E-state index in [9.17, 15) is 9.59 Å². The van der Waals surface area contributed by atoms with E-state index in [-0.39, 0.29) is 18.2 Å². The second kappa shape index (κ2) is 7.76. The van der Waals surface area contributed by atoms with E-state index in [1.54, 1.807) is 12.1 Å². The Balaban J connectivity index is 1.63. The maximum atomic E-state index is 11.9. The molecule has 2 N–H and O–H groups in total. The van der Waals surface area contributed by atoms with Crippen molar-refractivity contribution in [3.8, 4) is 0 Å². The van der Waals surface area contributed by atoms with Crippen molar-refractivity contribution in [1.29, 1.82) is 0 Å². The Labute approximate surface area is 158 Å². The van der Waals surface area contributed by atoms with Crippen LogP contribution in [-0.2, 0) is 16.2 Å². The van der Waals surface area contributed by atoms with E-state index in [1.165, 1.54) is 23.9 Å². The first-order valence-corrected chi connectivity index (χ1v) is 8.90. The number of nitrogens with two attached hydrogens (primary N) is 1. The predicted octanol–water partition coefficient (Wildman–Crippen LogP) is 2.94. The molecule has 0 bridgehead atoms. The molecule has 1 aromatic carbocycles. The molecule has 1 aromatic heterocycles. The van der Waals surface area contributed by atoms with Crippen molar-refractivity contribution in [3.63, 3.8) is 0 Å². The largest absolute Gasteiger partial charge is 0.457 e. The molecular formula is C17H14ClN3O4S. The van der Waals surface area contributed by atoms with Gasteiger partial charge in [0.25, 0.3) is 0 Å². The smallest absolute Gasteiger partial charge is 0.365 e. The summed E-state index contributed by atoms with van der Waals surface area (Å²) >= 11 is 6.99. The number of oxime groups is 1. The van der Waals surface area contributed by atoms with Gasteiger partial charge in [-0.05, 0) is 37.3 Å². The summed E-state index contributed by atoms with van der Waals surface area (Å²) in [5.41, 5.74) is 8.11. The number of thioether (sulfide) groups is 1. The summed E-state index contributed by atoms with van der Waals surface area (Å²) in [7, 11) is 0. The van der Waals surface area contributed by atoms with Crippen molar-refractivity contribution < 1.29 is 19.2 Å². The summed E-state index contributed by atoms with van der Waals surface area (Å²) in [6.45, 7) is 2.08. The van der Waals surface area contributed by atoms with E-state index in [0.717, 1.165) is 11.3 Å². The predicted molar refractivity (Wildman–Crippen MR) is 97.3 cm³/mol. The van der Waals surface area contributed by atoms with Gasteiger partial charge in [-0.1, -0.05) is 28.5 Å². The quantitative estimate of drug-likeness (QED) is 0.209. The molecule has 0 spiro atoms. The molecule has 3 rings (SSSR count). The number of rotatable bonds is 5. The number of nitrogens with zero attached hydrogens (tertiary/aromatic N) is 2. The van der Waals surface area contributed by atoms with Crippen LogP contribution in [0.1, 0.15) is 32.0 Å². The number of pyridine rings is 1. The summed E-state index contributed by atoms with van der Waals surface area (Å²) < 4.78 is 5.03. The number of amidine groups is 1. The molecule has 0 fully saturated rings. The normalized spacial score (nSPS) is 13.3. The summed E-state index contributed by atoms with van der Waals surface area (Å²) in [6, 6.07) is 8.01. The summed E-state index contributed by atoms with van der Waals surface area (Å²) in [4.78, 5) is 32.9. The lowest BCUT2D eigenvalue weighted by Gasteiger charge is -2.06. The Morgan fingerprint density at radius 1 is 1.42 bits per heavy atom. The second-order valence-electron chi connectivity index (χ2n) is 5.44. The number of cyclic esters (lactones) is 1. The van der Waals surface area contributed by atoms with Gasteiger partial charge in [0.15, 0.2) is 5.84 Å². The van der Waals surface area contributed by atoms with E-state index in [0.29, 0.717) is 21.2 Å². The van der Waals surface area contributed by atoms with Crippen LogP contribution in [0, 0.1) is 6.92 Å². The highest BCUT2D eigenvalue weighted by Crippen LogP contribution is 2.29. The lowest BCUT2D eigenvalue weighted by atomic mass is 10.1. The fourth-order valence-electron chi connectivity index (χ4n) is 2.27. The number of hydrogen-bond acceptors (Lipinski definition) is 7. The number of hydrogen-bond donors (Lipinski definition) is 1. The molecule has 0 radical (unpaired) electrons. The zero-order valence-electron chi connectivity index (χ0n) is 13.7. The number of aryl methyl sites for hydroxylation is 1. The van der Waals surface area contributed by atoms with Crippen molar-refractivity contribution in [2.24, 2.45) is 10.9 Å². The molecule has 0 saturated carbocycles. The van der Waals surface area contributed by atoms with Gasteiger partial charge in [-0.15, -0.1) is 0 Å².